The van der Waals surface area contributed by atoms with Gasteiger partial charge < -0.3 is 15.6 Å². The van der Waals surface area contributed by atoms with E-state index in [1.54, 1.807) is 19.1 Å². The third kappa shape index (κ3) is 6.23. The van der Waals surface area contributed by atoms with E-state index in [-0.39, 0.29) is 24.4 Å². The van der Waals surface area contributed by atoms with Gasteiger partial charge in [0.05, 0.1) is 18.1 Å². The van der Waals surface area contributed by atoms with E-state index in [9.17, 15) is 27.9 Å². The standard InChI is InChI=1S/C20H19F3N2O5/c1-2-29-19(28)30-25-17(24)13-8-6-12(7-9-13)10-16(18(26)27)14-4-3-5-15(11-14)20(21,22)23/h3-9,11,16H,2,10H2,1H3,(H2,24,25)(H,26,27). The van der Waals surface area contributed by atoms with E-state index >= 15 is 0 Å². The Kier molecular flexibility index (Phi) is 7.40. The number of carboxylic acid groups (broad SMARTS) is 1. The molecule has 0 aliphatic carbocycles. The number of benzene rings is 2. The fourth-order valence-electron chi connectivity index (χ4n) is 2.61. The lowest BCUT2D eigenvalue weighted by Crippen LogP contribution is -2.17. The molecule has 0 aliphatic rings. The summed E-state index contributed by atoms with van der Waals surface area (Å²) >= 11 is 0. The van der Waals surface area contributed by atoms with Crippen molar-refractivity contribution in [2.24, 2.45) is 10.9 Å². The van der Waals surface area contributed by atoms with Crippen LogP contribution in [0, 0.1) is 0 Å². The molecular formula is C20H19F3N2O5. The Labute approximate surface area is 169 Å². The summed E-state index contributed by atoms with van der Waals surface area (Å²) in [5, 5.41) is 12.9. The number of nitrogens with zero attached hydrogens (tertiary/aromatic N) is 1. The molecule has 10 heteroatoms. The highest BCUT2D eigenvalue weighted by Crippen LogP contribution is 2.32. The minimum Gasteiger partial charge on any atom is -0.481 e. The van der Waals surface area contributed by atoms with Gasteiger partial charge in [0, 0.05) is 5.56 Å². The zero-order chi connectivity index (χ0) is 22.3. The molecule has 0 amide bonds. The summed E-state index contributed by atoms with van der Waals surface area (Å²) in [4.78, 5) is 27.2. The Balaban J connectivity index is 2.17. The number of halogens is 3. The second-order valence-electron chi connectivity index (χ2n) is 6.17. The number of carboxylic acids is 1. The summed E-state index contributed by atoms with van der Waals surface area (Å²) in [5.74, 6) is -2.53. The maximum absolute atomic E-state index is 12.9. The van der Waals surface area contributed by atoms with Gasteiger partial charge in [-0.25, -0.2) is 4.79 Å². The van der Waals surface area contributed by atoms with Crippen LogP contribution in [0.2, 0.25) is 0 Å². The molecule has 2 rings (SSSR count). The third-order valence-electron chi connectivity index (χ3n) is 4.08. The fraction of sp³-hybridized carbons (Fsp3) is 0.250. The second-order valence-corrected chi connectivity index (χ2v) is 6.17. The van der Waals surface area contributed by atoms with Gasteiger partial charge in [0.15, 0.2) is 5.84 Å². The number of nitrogens with two attached hydrogens (primary N) is 1. The van der Waals surface area contributed by atoms with Crippen LogP contribution >= 0.6 is 0 Å². The molecule has 0 saturated heterocycles. The molecule has 0 spiro atoms. The van der Waals surface area contributed by atoms with Crippen LogP contribution in [-0.4, -0.2) is 29.7 Å². The molecule has 0 aromatic heterocycles. The summed E-state index contributed by atoms with van der Waals surface area (Å²) in [6.45, 7) is 1.70. The Bertz CT molecular complexity index is 927. The van der Waals surface area contributed by atoms with Gasteiger partial charge >= 0.3 is 18.3 Å². The smallest absolute Gasteiger partial charge is 0.481 e. The Morgan fingerprint density at radius 2 is 1.83 bits per heavy atom. The van der Waals surface area contributed by atoms with Crippen molar-refractivity contribution in [2.45, 2.75) is 25.4 Å². The van der Waals surface area contributed by atoms with Gasteiger partial charge in [0.2, 0.25) is 0 Å². The summed E-state index contributed by atoms with van der Waals surface area (Å²) in [6, 6.07) is 10.4. The highest BCUT2D eigenvalue weighted by atomic mass is 19.4. The first-order valence-corrected chi connectivity index (χ1v) is 8.78. The molecule has 2 aromatic rings. The molecule has 1 atom stereocenters. The van der Waals surface area contributed by atoms with Crippen molar-refractivity contribution in [3.8, 4) is 0 Å². The minimum atomic E-state index is -4.57. The van der Waals surface area contributed by atoms with Crippen LogP contribution < -0.4 is 5.73 Å². The number of aliphatic carboxylic acids is 1. The van der Waals surface area contributed by atoms with Crippen molar-refractivity contribution in [1.82, 2.24) is 0 Å². The van der Waals surface area contributed by atoms with E-state index in [0.717, 1.165) is 12.1 Å². The molecule has 0 radical (unpaired) electrons. The zero-order valence-electron chi connectivity index (χ0n) is 15.8. The van der Waals surface area contributed by atoms with Crippen molar-refractivity contribution < 1.29 is 37.4 Å². The molecule has 7 nitrogen and oxygen atoms in total. The molecule has 2 aromatic carbocycles. The number of amidine groups is 1. The van der Waals surface area contributed by atoms with Crippen molar-refractivity contribution in [2.75, 3.05) is 6.61 Å². The number of carbonyl (C=O) groups is 2. The van der Waals surface area contributed by atoms with Crippen LogP contribution in [0.4, 0.5) is 18.0 Å². The summed E-state index contributed by atoms with van der Waals surface area (Å²) < 4.78 is 43.3. The monoisotopic (exact) mass is 424 g/mol. The van der Waals surface area contributed by atoms with Gasteiger partial charge in [-0.1, -0.05) is 47.6 Å². The third-order valence-corrected chi connectivity index (χ3v) is 4.08. The van der Waals surface area contributed by atoms with E-state index in [0.29, 0.717) is 11.1 Å². The maximum Gasteiger partial charge on any atom is 0.535 e. The van der Waals surface area contributed by atoms with Crippen molar-refractivity contribution in [3.63, 3.8) is 0 Å². The summed E-state index contributed by atoms with van der Waals surface area (Å²) in [6.07, 6.45) is -5.61. The quantitative estimate of drug-likeness (QED) is 0.229. The number of alkyl halides is 3. The van der Waals surface area contributed by atoms with Crippen molar-refractivity contribution in [3.05, 3.63) is 70.8 Å². The SMILES string of the molecule is CCOC(=O)O/N=C(\N)c1ccc(CC(C(=O)O)c2cccc(C(F)(F)F)c2)cc1. The largest absolute Gasteiger partial charge is 0.535 e. The Hall–Kier alpha value is -3.56. The van der Waals surface area contributed by atoms with E-state index in [4.69, 9.17) is 5.73 Å². The molecule has 3 N–H and O–H groups in total. The molecule has 1 unspecified atom stereocenters. The van der Waals surface area contributed by atoms with Crippen LogP contribution in [0.1, 0.15) is 35.1 Å². The van der Waals surface area contributed by atoms with Gasteiger partial charge in [-0.05, 0) is 30.5 Å². The first kappa shape index (κ1) is 22.7. The molecule has 160 valence electrons. The second kappa shape index (κ2) is 9.77. The fourth-order valence-corrected chi connectivity index (χ4v) is 2.61. The number of hydrogen-bond acceptors (Lipinski definition) is 5. The topological polar surface area (TPSA) is 111 Å². The Morgan fingerprint density at radius 3 is 2.40 bits per heavy atom. The van der Waals surface area contributed by atoms with Gasteiger partial charge in [0.25, 0.3) is 0 Å². The van der Waals surface area contributed by atoms with Gasteiger partial charge in [-0.2, -0.15) is 13.2 Å². The first-order valence-electron chi connectivity index (χ1n) is 8.78. The van der Waals surface area contributed by atoms with Gasteiger partial charge in [-0.15, -0.1) is 0 Å². The molecular weight excluding hydrogens is 405 g/mol. The molecule has 30 heavy (non-hydrogen) atoms. The number of oxime groups is 1. The molecule has 0 heterocycles. The van der Waals surface area contributed by atoms with Gasteiger partial charge in [-0.3, -0.25) is 9.63 Å². The lowest BCUT2D eigenvalue weighted by atomic mass is 9.90. The zero-order valence-corrected chi connectivity index (χ0v) is 15.8. The molecule has 0 aliphatic heterocycles. The lowest BCUT2D eigenvalue weighted by Gasteiger charge is -2.15. The molecule has 0 fully saturated rings. The average Bonchev–Trinajstić information content (AvgIpc) is 2.70. The van der Waals surface area contributed by atoms with E-state index < -0.39 is 29.8 Å². The van der Waals surface area contributed by atoms with Crippen LogP contribution in [0.15, 0.2) is 53.7 Å². The maximum atomic E-state index is 12.9. The van der Waals surface area contributed by atoms with Gasteiger partial charge in [0.1, 0.15) is 0 Å². The van der Waals surface area contributed by atoms with Crippen LogP contribution in [0.25, 0.3) is 0 Å². The highest BCUT2D eigenvalue weighted by Gasteiger charge is 2.32. The number of carbonyl (C=O) groups excluding carboxylic acids is 1. The highest BCUT2D eigenvalue weighted by molar-refractivity contribution is 5.97. The van der Waals surface area contributed by atoms with E-state index in [1.807, 2.05) is 0 Å². The van der Waals surface area contributed by atoms with Crippen LogP contribution in [0.3, 0.4) is 0 Å². The Morgan fingerprint density at radius 1 is 1.17 bits per heavy atom. The van der Waals surface area contributed by atoms with Crippen LogP contribution in [-0.2, 0) is 27.0 Å². The van der Waals surface area contributed by atoms with E-state index in [2.05, 4.69) is 14.7 Å². The number of ether oxygens (including phenoxy) is 1. The first-order chi connectivity index (χ1) is 14.1. The number of hydrogen-bond donors (Lipinski definition) is 2. The van der Waals surface area contributed by atoms with Crippen LogP contribution in [0.5, 0.6) is 0 Å². The summed E-state index contributed by atoms with van der Waals surface area (Å²) in [7, 11) is 0. The normalized spacial score (nSPS) is 12.9. The van der Waals surface area contributed by atoms with Crippen molar-refractivity contribution >= 4 is 18.0 Å². The molecule has 0 bridgehead atoms. The number of rotatable bonds is 7. The summed E-state index contributed by atoms with van der Waals surface area (Å²) in [5.41, 5.74) is 5.80. The predicted octanol–water partition coefficient (Wildman–Crippen LogP) is 3.91. The molecule has 0 saturated carbocycles. The lowest BCUT2D eigenvalue weighted by molar-refractivity contribution is -0.140. The minimum absolute atomic E-state index is 0.0344. The predicted molar refractivity (Wildman–Crippen MR) is 101 cm³/mol. The van der Waals surface area contributed by atoms with E-state index in [1.165, 1.54) is 24.3 Å². The average molecular weight is 424 g/mol. The van der Waals surface area contributed by atoms with Crippen molar-refractivity contribution in [1.29, 1.82) is 0 Å².